The highest BCUT2D eigenvalue weighted by molar-refractivity contribution is 8.01. The maximum atomic E-state index is 6.51. The monoisotopic (exact) mass is 460 g/mol. The van der Waals surface area contributed by atoms with Gasteiger partial charge in [-0.1, -0.05) is 24.1 Å². The van der Waals surface area contributed by atoms with E-state index < -0.39 is 0 Å². The summed E-state index contributed by atoms with van der Waals surface area (Å²) in [5.41, 5.74) is 2.20. The van der Waals surface area contributed by atoms with Crippen molar-refractivity contribution in [3.05, 3.63) is 52.5 Å². The number of hydrogen-bond donors (Lipinski definition) is 0. The van der Waals surface area contributed by atoms with E-state index in [-0.39, 0.29) is 0 Å². The fourth-order valence-corrected chi connectivity index (χ4v) is 6.38. The number of aryl methyl sites for hydroxylation is 1. The molecular weight excluding hydrogens is 432 g/mol. The summed E-state index contributed by atoms with van der Waals surface area (Å²) in [6, 6.07) is 10.4. The number of thioether (sulfide) groups is 1. The molecule has 0 aliphatic carbocycles. The second-order valence-electron chi connectivity index (χ2n) is 7.93. The number of rotatable bonds is 9. The van der Waals surface area contributed by atoms with E-state index in [0.29, 0.717) is 0 Å². The van der Waals surface area contributed by atoms with E-state index >= 15 is 0 Å². The first kappa shape index (κ1) is 21.9. The molecule has 0 unspecified atom stereocenters. The first-order chi connectivity index (χ1) is 14.7. The van der Waals surface area contributed by atoms with Crippen LogP contribution in [0.3, 0.4) is 0 Å². The van der Waals surface area contributed by atoms with Crippen LogP contribution in [0.4, 0.5) is 0 Å². The normalized spacial score (nSPS) is 15.7. The number of pyridine rings is 1. The number of thiophene rings is 1. The van der Waals surface area contributed by atoms with Crippen molar-refractivity contribution in [2.45, 2.75) is 36.3 Å². The number of hydrogen-bond acceptors (Lipinski definition) is 5. The predicted molar refractivity (Wildman–Crippen MR) is 130 cm³/mol. The molecule has 0 amide bonds. The molecule has 0 N–H and O–H groups in total. The summed E-state index contributed by atoms with van der Waals surface area (Å²) in [4.78, 5) is 7.11. The molecule has 0 saturated carbocycles. The Balaban J connectivity index is 1.23. The highest BCUT2D eigenvalue weighted by Crippen LogP contribution is 2.30. The van der Waals surface area contributed by atoms with Crippen LogP contribution in [0.1, 0.15) is 31.2 Å². The van der Waals surface area contributed by atoms with Crippen LogP contribution >= 0.6 is 34.7 Å². The lowest BCUT2D eigenvalue weighted by Crippen LogP contribution is -2.35. The molecule has 1 fully saturated rings. The Labute approximate surface area is 192 Å². The third kappa shape index (κ3) is 5.70. The van der Waals surface area contributed by atoms with E-state index in [9.17, 15) is 0 Å². The highest BCUT2D eigenvalue weighted by atomic mass is 35.5. The van der Waals surface area contributed by atoms with Gasteiger partial charge in [-0.25, -0.2) is 0 Å². The minimum Gasteiger partial charge on any atom is -0.497 e. The van der Waals surface area contributed by atoms with E-state index in [0.717, 1.165) is 34.0 Å². The third-order valence-corrected chi connectivity index (χ3v) is 8.46. The van der Waals surface area contributed by atoms with E-state index in [1.807, 2.05) is 35.2 Å². The lowest BCUT2D eigenvalue weighted by atomic mass is 9.90. The number of fused-ring (bicyclic) bond motifs is 1. The molecule has 1 aliphatic rings. The van der Waals surface area contributed by atoms with Crippen LogP contribution in [0.5, 0.6) is 5.75 Å². The Morgan fingerprint density at radius 3 is 2.90 bits per heavy atom. The van der Waals surface area contributed by atoms with Gasteiger partial charge in [0.2, 0.25) is 0 Å². The molecule has 3 aromatic rings. The molecule has 0 bridgehead atoms. The second kappa shape index (κ2) is 10.9. The first-order valence-corrected chi connectivity index (χ1v) is 13.0. The minimum absolute atomic E-state index is 0.772. The standard InChI is InChI=1S/C24H29ClN2OS2/c1-28-19-7-8-23-21(16-19)20(22(25)17-26-23)5-2-4-18-9-11-27(12-10-18)13-15-30-24-6-3-14-29-24/h3,6-8,14,16-18H,2,4-5,9-13,15H2,1H3. The Bertz CT molecular complexity index is 940. The predicted octanol–water partition coefficient (Wildman–Crippen LogP) is 6.79. The Morgan fingerprint density at radius 1 is 1.27 bits per heavy atom. The molecule has 1 aromatic carbocycles. The fraction of sp³-hybridized carbons (Fsp3) is 0.458. The van der Waals surface area contributed by atoms with Crippen molar-refractivity contribution in [2.75, 3.05) is 32.5 Å². The van der Waals surface area contributed by atoms with Gasteiger partial charge in [-0.15, -0.1) is 23.1 Å². The lowest BCUT2D eigenvalue weighted by molar-refractivity contribution is 0.186. The van der Waals surface area contributed by atoms with Gasteiger partial charge in [0, 0.05) is 23.9 Å². The molecular formula is C24H29ClN2OS2. The molecule has 1 saturated heterocycles. The van der Waals surface area contributed by atoms with Crippen molar-refractivity contribution in [1.29, 1.82) is 0 Å². The van der Waals surface area contributed by atoms with Crippen molar-refractivity contribution in [1.82, 2.24) is 9.88 Å². The van der Waals surface area contributed by atoms with Crippen molar-refractivity contribution in [2.24, 2.45) is 5.92 Å². The van der Waals surface area contributed by atoms with Crippen molar-refractivity contribution >= 4 is 45.6 Å². The first-order valence-electron chi connectivity index (χ1n) is 10.7. The average Bonchev–Trinajstić information content (AvgIpc) is 3.29. The summed E-state index contributed by atoms with van der Waals surface area (Å²) in [7, 11) is 1.70. The van der Waals surface area contributed by atoms with Crippen molar-refractivity contribution in [3.8, 4) is 5.75 Å². The van der Waals surface area contributed by atoms with Gasteiger partial charge in [0.05, 0.1) is 21.9 Å². The molecule has 6 heteroatoms. The van der Waals surface area contributed by atoms with Gasteiger partial charge in [-0.3, -0.25) is 4.98 Å². The maximum absolute atomic E-state index is 6.51. The van der Waals surface area contributed by atoms with Crippen LogP contribution in [0.2, 0.25) is 5.02 Å². The van der Waals surface area contributed by atoms with E-state index in [4.69, 9.17) is 16.3 Å². The van der Waals surface area contributed by atoms with Gasteiger partial charge in [0.25, 0.3) is 0 Å². The van der Waals surface area contributed by atoms with E-state index in [2.05, 4.69) is 33.5 Å². The molecule has 1 aliphatic heterocycles. The number of methoxy groups -OCH3 is 1. The van der Waals surface area contributed by atoms with Gasteiger partial charge >= 0.3 is 0 Å². The highest BCUT2D eigenvalue weighted by Gasteiger charge is 2.19. The van der Waals surface area contributed by atoms with Crippen LogP contribution in [0.15, 0.2) is 46.1 Å². The zero-order valence-corrected chi connectivity index (χ0v) is 19.9. The Morgan fingerprint density at radius 2 is 2.13 bits per heavy atom. The van der Waals surface area contributed by atoms with Gasteiger partial charge in [-0.05, 0) is 79.9 Å². The van der Waals surface area contributed by atoms with Gasteiger partial charge in [0.1, 0.15) is 5.75 Å². The molecule has 0 atom stereocenters. The summed E-state index contributed by atoms with van der Waals surface area (Å²) in [6.07, 6.45) is 7.89. The van der Waals surface area contributed by atoms with Crippen LogP contribution < -0.4 is 4.74 Å². The van der Waals surface area contributed by atoms with Gasteiger partial charge in [-0.2, -0.15) is 0 Å². The van der Waals surface area contributed by atoms with Crippen molar-refractivity contribution in [3.63, 3.8) is 0 Å². The van der Waals surface area contributed by atoms with Gasteiger partial charge in [0.15, 0.2) is 0 Å². The largest absolute Gasteiger partial charge is 0.497 e. The zero-order valence-electron chi connectivity index (χ0n) is 17.5. The number of piperidine rings is 1. The third-order valence-electron chi connectivity index (χ3n) is 6.03. The zero-order chi connectivity index (χ0) is 20.8. The van der Waals surface area contributed by atoms with E-state index in [1.165, 1.54) is 60.8 Å². The number of likely N-dealkylation sites (tertiary alicyclic amines) is 1. The smallest absolute Gasteiger partial charge is 0.119 e. The van der Waals surface area contributed by atoms with Crippen LogP contribution in [-0.4, -0.2) is 42.4 Å². The number of ether oxygens (including phenoxy) is 1. The summed E-state index contributed by atoms with van der Waals surface area (Å²) < 4.78 is 6.83. The van der Waals surface area contributed by atoms with Crippen LogP contribution in [0.25, 0.3) is 10.9 Å². The minimum atomic E-state index is 0.772. The fourth-order valence-electron chi connectivity index (χ4n) is 4.27. The number of benzene rings is 1. The summed E-state index contributed by atoms with van der Waals surface area (Å²) in [5.74, 6) is 2.90. The Kier molecular flexibility index (Phi) is 7.94. The lowest BCUT2D eigenvalue weighted by Gasteiger charge is -2.31. The molecule has 0 radical (unpaired) electrons. The second-order valence-corrected chi connectivity index (χ2v) is 10.7. The SMILES string of the molecule is COc1ccc2ncc(Cl)c(CCCC3CCN(CCSc4cccs4)CC3)c2c1. The molecule has 4 rings (SSSR count). The van der Waals surface area contributed by atoms with Gasteiger partial charge < -0.3 is 9.64 Å². The number of nitrogens with zero attached hydrogens (tertiary/aromatic N) is 2. The summed E-state index contributed by atoms with van der Waals surface area (Å²) in [6.45, 7) is 3.69. The molecule has 30 heavy (non-hydrogen) atoms. The molecule has 3 heterocycles. The topological polar surface area (TPSA) is 25.4 Å². The molecule has 0 spiro atoms. The van der Waals surface area contributed by atoms with Crippen molar-refractivity contribution < 1.29 is 4.74 Å². The summed E-state index contributed by atoms with van der Waals surface area (Å²) >= 11 is 10.3. The molecule has 160 valence electrons. The average molecular weight is 461 g/mol. The number of aromatic nitrogens is 1. The molecule has 2 aromatic heterocycles. The van der Waals surface area contributed by atoms with Crippen LogP contribution in [-0.2, 0) is 6.42 Å². The van der Waals surface area contributed by atoms with Crippen LogP contribution in [0, 0.1) is 5.92 Å². The summed E-state index contributed by atoms with van der Waals surface area (Å²) in [5, 5.41) is 4.06. The van der Waals surface area contributed by atoms with E-state index in [1.54, 1.807) is 13.3 Å². The quantitative estimate of drug-likeness (QED) is 0.328. The maximum Gasteiger partial charge on any atom is 0.119 e. The number of halogens is 1. The molecule has 3 nitrogen and oxygen atoms in total. The Hall–Kier alpha value is -1.27.